The molecule has 0 unspecified atom stereocenters. The quantitative estimate of drug-likeness (QED) is 0.463. The number of hydrogen-bond acceptors (Lipinski definition) is 2. The van der Waals surface area contributed by atoms with Gasteiger partial charge in [0.15, 0.2) is 0 Å². The van der Waals surface area contributed by atoms with E-state index in [0.29, 0.717) is 6.61 Å². The molecule has 1 fully saturated rings. The van der Waals surface area contributed by atoms with E-state index >= 15 is 0 Å². The van der Waals surface area contributed by atoms with E-state index in [1.165, 1.54) is 47.3 Å². The van der Waals surface area contributed by atoms with Gasteiger partial charge in [-0.2, -0.15) is 0 Å². The van der Waals surface area contributed by atoms with Gasteiger partial charge in [-0.05, 0) is 77.1 Å². The first-order valence-electron chi connectivity index (χ1n) is 9.63. The zero-order valence-corrected chi connectivity index (χ0v) is 16.2. The van der Waals surface area contributed by atoms with Crippen LogP contribution in [0.1, 0.15) is 49.7 Å². The van der Waals surface area contributed by atoms with Crippen molar-refractivity contribution in [1.82, 2.24) is 0 Å². The first kappa shape index (κ1) is 17.4. The van der Waals surface area contributed by atoms with Crippen molar-refractivity contribution in [2.24, 2.45) is 5.92 Å². The van der Waals surface area contributed by atoms with Crippen LogP contribution in [0.2, 0.25) is 0 Å². The molecule has 0 N–H and O–H groups in total. The molecule has 26 heavy (non-hydrogen) atoms. The van der Waals surface area contributed by atoms with Gasteiger partial charge in [0.25, 0.3) is 0 Å². The standard InChI is InChI=1S/C24H26OS/c1-18-4-8-20(9-5-18)21-10-6-19(7-11-21)17-25-23-14-12-22(13-15-23)24-3-2-16-26-24/h2-3,6-7,10-16,18,20H,4-5,8-9,17H2,1H3. The lowest BCUT2D eigenvalue weighted by Gasteiger charge is -2.26. The fourth-order valence-corrected chi connectivity index (χ4v) is 4.54. The Kier molecular flexibility index (Phi) is 5.40. The van der Waals surface area contributed by atoms with E-state index in [1.807, 2.05) is 0 Å². The maximum Gasteiger partial charge on any atom is 0.119 e. The van der Waals surface area contributed by atoms with Gasteiger partial charge in [-0.15, -0.1) is 11.3 Å². The number of rotatable bonds is 5. The second kappa shape index (κ2) is 8.09. The number of benzene rings is 2. The van der Waals surface area contributed by atoms with Gasteiger partial charge in [0.2, 0.25) is 0 Å². The Hall–Kier alpha value is -2.06. The SMILES string of the molecule is CC1CCC(c2ccc(COc3ccc(-c4cccs4)cc3)cc2)CC1. The highest BCUT2D eigenvalue weighted by molar-refractivity contribution is 7.13. The van der Waals surface area contributed by atoms with Crippen molar-refractivity contribution in [2.75, 3.05) is 0 Å². The van der Waals surface area contributed by atoms with Crippen LogP contribution in [0.5, 0.6) is 5.75 Å². The average Bonchev–Trinajstić information content (AvgIpc) is 3.23. The van der Waals surface area contributed by atoms with Crippen molar-refractivity contribution in [3.05, 3.63) is 77.2 Å². The third-order valence-electron chi connectivity index (χ3n) is 5.53. The van der Waals surface area contributed by atoms with E-state index < -0.39 is 0 Å². The van der Waals surface area contributed by atoms with E-state index in [4.69, 9.17) is 4.74 Å². The van der Waals surface area contributed by atoms with E-state index in [9.17, 15) is 0 Å². The molecule has 4 rings (SSSR count). The molecule has 1 aliphatic rings. The Labute approximate surface area is 160 Å². The second-order valence-electron chi connectivity index (χ2n) is 7.49. The maximum atomic E-state index is 5.97. The van der Waals surface area contributed by atoms with Crippen molar-refractivity contribution >= 4 is 11.3 Å². The zero-order valence-electron chi connectivity index (χ0n) is 15.4. The lowest BCUT2D eigenvalue weighted by molar-refractivity contribution is 0.306. The molecule has 1 aliphatic carbocycles. The predicted octanol–water partition coefficient (Wildman–Crippen LogP) is 7.29. The Balaban J connectivity index is 1.33. The number of thiophene rings is 1. The highest BCUT2D eigenvalue weighted by Gasteiger charge is 2.19. The normalized spacial score (nSPS) is 20.0. The summed E-state index contributed by atoms with van der Waals surface area (Å²) in [4.78, 5) is 1.30. The lowest BCUT2D eigenvalue weighted by atomic mass is 9.79. The van der Waals surface area contributed by atoms with Crippen molar-refractivity contribution in [2.45, 2.75) is 45.1 Å². The lowest BCUT2D eigenvalue weighted by Crippen LogP contribution is -2.10. The highest BCUT2D eigenvalue weighted by atomic mass is 32.1. The van der Waals surface area contributed by atoms with E-state index in [1.54, 1.807) is 11.3 Å². The molecule has 2 aromatic carbocycles. The van der Waals surface area contributed by atoms with Crippen LogP contribution in [0.3, 0.4) is 0 Å². The van der Waals surface area contributed by atoms with Crippen LogP contribution in [0.4, 0.5) is 0 Å². The molecule has 1 aromatic heterocycles. The minimum atomic E-state index is 0.625. The van der Waals surface area contributed by atoms with Crippen LogP contribution in [-0.4, -0.2) is 0 Å². The Bertz CT molecular complexity index is 794. The molecule has 0 saturated heterocycles. The van der Waals surface area contributed by atoms with E-state index in [2.05, 4.69) is 73.0 Å². The molecule has 0 bridgehead atoms. The van der Waals surface area contributed by atoms with E-state index in [-0.39, 0.29) is 0 Å². The van der Waals surface area contributed by atoms with Gasteiger partial charge in [0.05, 0.1) is 0 Å². The van der Waals surface area contributed by atoms with Crippen LogP contribution in [0.15, 0.2) is 66.0 Å². The molecule has 0 atom stereocenters. The molecule has 0 spiro atoms. The first-order valence-corrected chi connectivity index (χ1v) is 10.5. The molecular formula is C24H26OS. The average molecular weight is 363 g/mol. The first-order chi connectivity index (χ1) is 12.8. The van der Waals surface area contributed by atoms with E-state index in [0.717, 1.165) is 17.6 Å². The zero-order chi connectivity index (χ0) is 17.8. The van der Waals surface area contributed by atoms with Gasteiger partial charge in [-0.1, -0.05) is 50.1 Å². The summed E-state index contributed by atoms with van der Waals surface area (Å²) < 4.78 is 5.97. The van der Waals surface area contributed by atoms with Crippen molar-refractivity contribution in [3.8, 4) is 16.2 Å². The smallest absolute Gasteiger partial charge is 0.119 e. The van der Waals surface area contributed by atoms with Gasteiger partial charge in [0, 0.05) is 4.88 Å². The van der Waals surface area contributed by atoms with Crippen LogP contribution < -0.4 is 4.74 Å². The summed E-state index contributed by atoms with van der Waals surface area (Å²) in [5.74, 6) is 2.59. The van der Waals surface area contributed by atoms with Crippen LogP contribution in [0, 0.1) is 5.92 Å². The topological polar surface area (TPSA) is 9.23 Å². The molecule has 1 nitrogen and oxygen atoms in total. The fraction of sp³-hybridized carbons (Fsp3) is 0.333. The minimum absolute atomic E-state index is 0.625. The van der Waals surface area contributed by atoms with Crippen LogP contribution in [0.25, 0.3) is 10.4 Å². The minimum Gasteiger partial charge on any atom is -0.489 e. The molecule has 0 aliphatic heterocycles. The number of ether oxygens (including phenoxy) is 1. The highest BCUT2D eigenvalue weighted by Crippen LogP contribution is 2.35. The summed E-state index contributed by atoms with van der Waals surface area (Å²) in [5.41, 5.74) is 3.99. The molecule has 0 amide bonds. The summed E-state index contributed by atoms with van der Waals surface area (Å²) in [6.07, 6.45) is 5.43. The molecule has 0 radical (unpaired) electrons. The molecule has 1 saturated carbocycles. The molecule has 2 heteroatoms. The summed E-state index contributed by atoms with van der Waals surface area (Å²) in [7, 11) is 0. The largest absolute Gasteiger partial charge is 0.489 e. The summed E-state index contributed by atoms with van der Waals surface area (Å²) in [6.45, 7) is 3.00. The Morgan fingerprint density at radius 3 is 2.27 bits per heavy atom. The molecular weight excluding hydrogens is 336 g/mol. The summed E-state index contributed by atoms with van der Waals surface area (Å²) in [6, 6.07) is 21.7. The van der Waals surface area contributed by atoms with Gasteiger partial charge in [-0.25, -0.2) is 0 Å². The third-order valence-corrected chi connectivity index (χ3v) is 6.45. The Morgan fingerprint density at radius 1 is 0.885 bits per heavy atom. The van der Waals surface area contributed by atoms with Crippen molar-refractivity contribution in [3.63, 3.8) is 0 Å². The predicted molar refractivity (Wildman–Crippen MR) is 111 cm³/mol. The van der Waals surface area contributed by atoms with Gasteiger partial charge in [0.1, 0.15) is 12.4 Å². The number of hydrogen-bond donors (Lipinski definition) is 0. The second-order valence-corrected chi connectivity index (χ2v) is 8.44. The Morgan fingerprint density at radius 2 is 1.62 bits per heavy atom. The summed E-state index contributed by atoms with van der Waals surface area (Å²) >= 11 is 1.76. The fourth-order valence-electron chi connectivity index (χ4n) is 3.80. The van der Waals surface area contributed by atoms with Gasteiger partial charge < -0.3 is 4.74 Å². The monoisotopic (exact) mass is 362 g/mol. The third kappa shape index (κ3) is 4.19. The van der Waals surface area contributed by atoms with Crippen LogP contribution >= 0.6 is 11.3 Å². The maximum absolute atomic E-state index is 5.97. The van der Waals surface area contributed by atoms with Crippen LogP contribution in [-0.2, 0) is 6.61 Å². The molecule has 1 heterocycles. The van der Waals surface area contributed by atoms with Gasteiger partial charge >= 0.3 is 0 Å². The van der Waals surface area contributed by atoms with Crippen molar-refractivity contribution in [1.29, 1.82) is 0 Å². The molecule has 3 aromatic rings. The van der Waals surface area contributed by atoms with Crippen molar-refractivity contribution < 1.29 is 4.74 Å². The van der Waals surface area contributed by atoms with Gasteiger partial charge in [-0.3, -0.25) is 0 Å². The summed E-state index contributed by atoms with van der Waals surface area (Å²) in [5, 5.41) is 2.11. The molecule has 134 valence electrons.